The summed E-state index contributed by atoms with van der Waals surface area (Å²) in [5.41, 5.74) is 0.573. The van der Waals surface area contributed by atoms with Gasteiger partial charge in [-0.25, -0.2) is 4.98 Å². The lowest BCUT2D eigenvalue weighted by molar-refractivity contribution is -0.0448. The average Bonchev–Trinajstić information content (AvgIpc) is 3.10. The third-order valence-electron chi connectivity index (χ3n) is 4.83. The van der Waals surface area contributed by atoms with Gasteiger partial charge in [-0.15, -0.1) is 0 Å². The zero-order chi connectivity index (χ0) is 17.1. The van der Waals surface area contributed by atoms with Crippen LogP contribution in [0.1, 0.15) is 23.2 Å². The van der Waals surface area contributed by atoms with Gasteiger partial charge in [0.15, 0.2) is 0 Å². The number of amides is 1. The Hall–Kier alpha value is -2.54. The smallest absolute Gasteiger partial charge is 0.255 e. The standard InChI is InChI=1S/C18H20N4O3/c23-18(14-4-6-20-21-11-14)22-7-8-24-16-10-13(9-15(16)22)12-25-17-3-1-2-5-19-17/h1-6,11,13,15-16H,7-10,12H2/t13-,15+,16+/m0/s1. The molecule has 1 saturated heterocycles. The van der Waals surface area contributed by atoms with E-state index in [1.165, 1.54) is 6.20 Å². The number of fused-ring (bicyclic) bond motifs is 1. The van der Waals surface area contributed by atoms with Crippen LogP contribution in [-0.4, -0.2) is 57.9 Å². The molecule has 130 valence electrons. The van der Waals surface area contributed by atoms with Gasteiger partial charge in [0.25, 0.3) is 5.91 Å². The first kappa shape index (κ1) is 16.0. The molecule has 7 heteroatoms. The average molecular weight is 340 g/mol. The van der Waals surface area contributed by atoms with Gasteiger partial charge in [-0.05, 0) is 30.9 Å². The number of hydrogen-bond acceptors (Lipinski definition) is 6. The maximum absolute atomic E-state index is 12.8. The van der Waals surface area contributed by atoms with Crippen molar-refractivity contribution in [3.63, 3.8) is 0 Å². The molecule has 7 nitrogen and oxygen atoms in total. The molecule has 0 bridgehead atoms. The lowest BCUT2D eigenvalue weighted by atomic mass is 10.1. The number of carbonyl (C=O) groups excluding carboxylic acids is 1. The molecule has 3 atom stereocenters. The maximum Gasteiger partial charge on any atom is 0.255 e. The van der Waals surface area contributed by atoms with Crippen molar-refractivity contribution in [1.82, 2.24) is 20.1 Å². The summed E-state index contributed by atoms with van der Waals surface area (Å²) in [6, 6.07) is 7.42. The number of nitrogens with zero attached hydrogens (tertiary/aromatic N) is 4. The zero-order valence-corrected chi connectivity index (χ0v) is 13.8. The summed E-state index contributed by atoms with van der Waals surface area (Å²) < 4.78 is 11.7. The highest BCUT2D eigenvalue weighted by Gasteiger charge is 2.43. The summed E-state index contributed by atoms with van der Waals surface area (Å²) in [5.74, 6) is 0.981. The third-order valence-corrected chi connectivity index (χ3v) is 4.83. The fourth-order valence-corrected chi connectivity index (χ4v) is 3.66. The summed E-state index contributed by atoms with van der Waals surface area (Å²) in [5, 5.41) is 7.55. The van der Waals surface area contributed by atoms with Crippen LogP contribution in [0.4, 0.5) is 0 Å². The van der Waals surface area contributed by atoms with Crippen LogP contribution in [0.15, 0.2) is 42.9 Å². The van der Waals surface area contributed by atoms with Crippen LogP contribution in [0.25, 0.3) is 0 Å². The van der Waals surface area contributed by atoms with E-state index in [1.807, 2.05) is 23.1 Å². The molecule has 2 aromatic heterocycles. The molecule has 4 rings (SSSR count). The Morgan fingerprint density at radius 3 is 3.00 bits per heavy atom. The SMILES string of the molecule is O=C(c1ccnnc1)N1CCO[C@@H]2C[C@@H](COc3ccccn3)C[C@H]21. The second-order valence-electron chi connectivity index (χ2n) is 6.42. The van der Waals surface area contributed by atoms with Crippen LogP contribution in [0.2, 0.25) is 0 Å². The Balaban J connectivity index is 1.41. The number of morpholine rings is 1. The maximum atomic E-state index is 12.8. The minimum atomic E-state index is -0.000468. The molecule has 0 spiro atoms. The highest BCUT2D eigenvalue weighted by molar-refractivity contribution is 5.94. The molecular weight excluding hydrogens is 320 g/mol. The van der Waals surface area contributed by atoms with Crippen molar-refractivity contribution in [2.24, 2.45) is 5.92 Å². The first-order chi connectivity index (χ1) is 12.3. The molecular formula is C18H20N4O3. The van der Waals surface area contributed by atoms with Crippen molar-refractivity contribution >= 4 is 5.91 Å². The second-order valence-corrected chi connectivity index (χ2v) is 6.42. The molecule has 25 heavy (non-hydrogen) atoms. The largest absolute Gasteiger partial charge is 0.477 e. The van der Waals surface area contributed by atoms with Crippen molar-refractivity contribution in [2.45, 2.75) is 25.0 Å². The normalized spacial score (nSPS) is 25.4. The van der Waals surface area contributed by atoms with E-state index in [2.05, 4.69) is 15.2 Å². The predicted molar refractivity (Wildman–Crippen MR) is 89.1 cm³/mol. The van der Waals surface area contributed by atoms with E-state index in [4.69, 9.17) is 9.47 Å². The molecule has 2 aliphatic rings. The molecule has 0 radical (unpaired) electrons. The van der Waals surface area contributed by atoms with Crippen LogP contribution >= 0.6 is 0 Å². The van der Waals surface area contributed by atoms with Crippen molar-refractivity contribution in [3.05, 3.63) is 48.4 Å². The Kier molecular flexibility index (Phi) is 4.56. The molecule has 1 aliphatic carbocycles. The number of aromatic nitrogens is 3. The molecule has 0 N–H and O–H groups in total. The minimum absolute atomic E-state index is 0.000468. The van der Waals surface area contributed by atoms with E-state index >= 15 is 0 Å². The molecule has 0 aromatic carbocycles. The summed E-state index contributed by atoms with van der Waals surface area (Å²) in [6.45, 7) is 1.77. The highest BCUT2D eigenvalue weighted by Crippen LogP contribution is 2.35. The van der Waals surface area contributed by atoms with Crippen molar-refractivity contribution in [3.8, 4) is 5.88 Å². The van der Waals surface area contributed by atoms with E-state index < -0.39 is 0 Å². The summed E-state index contributed by atoms with van der Waals surface area (Å²) in [6.07, 6.45) is 6.63. The van der Waals surface area contributed by atoms with Crippen molar-refractivity contribution in [1.29, 1.82) is 0 Å². The third kappa shape index (κ3) is 3.46. The van der Waals surface area contributed by atoms with Gasteiger partial charge in [-0.2, -0.15) is 10.2 Å². The van der Waals surface area contributed by atoms with Gasteiger partial charge in [0.2, 0.25) is 5.88 Å². The van der Waals surface area contributed by atoms with Crippen molar-refractivity contribution < 1.29 is 14.3 Å². The Morgan fingerprint density at radius 2 is 2.20 bits per heavy atom. The molecule has 1 saturated carbocycles. The van der Waals surface area contributed by atoms with E-state index in [1.54, 1.807) is 18.5 Å². The van der Waals surface area contributed by atoms with Gasteiger partial charge in [-0.1, -0.05) is 6.07 Å². The molecule has 0 unspecified atom stereocenters. The van der Waals surface area contributed by atoms with E-state index in [-0.39, 0.29) is 18.1 Å². The number of ether oxygens (including phenoxy) is 2. The number of rotatable bonds is 4. The monoisotopic (exact) mass is 340 g/mol. The lowest BCUT2D eigenvalue weighted by Gasteiger charge is -2.37. The Morgan fingerprint density at radius 1 is 1.24 bits per heavy atom. The van der Waals surface area contributed by atoms with Gasteiger partial charge < -0.3 is 14.4 Å². The minimum Gasteiger partial charge on any atom is -0.477 e. The zero-order valence-electron chi connectivity index (χ0n) is 13.8. The number of carbonyl (C=O) groups is 1. The van der Waals surface area contributed by atoms with Crippen LogP contribution in [0.5, 0.6) is 5.88 Å². The van der Waals surface area contributed by atoms with E-state index in [9.17, 15) is 4.79 Å². The Labute approximate surface area is 146 Å². The molecule has 1 aliphatic heterocycles. The summed E-state index contributed by atoms with van der Waals surface area (Å²) in [4.78, 5) is 18.9. The highest BCUT2D eigenvalue weighted by atomic mass is 16.5. The Bertz CT molecular complexity index is 713. The molecule has 1 amide bonds. The van der Waals surface area contributed by atoms with Gasteiger partial charge in [0.05, 0.1) is 43.3 Å². The fraction of sp³-hybridized carbons (Fsp3) is 0.444. The second kappa shape index (κ2) is 7.14. The topological polar surface area (TPSA) is 77.4 Å². The fourth-order valence-electron chi connectivity index (χ4n) is 3.66. The molecule has 3 heterocycles. The van der Waals surface area contributed by atoms with Gasteiger partial charge in [0.1, 0.15) is 0 Å². The van der Waals surface area contributed by atoms with Crippen LogP contribution in [-0.2, 0) is 4.74 Å². The summed E-state index contributed by atoms with van der Waals surface area (Å²) in [7, 11) is 0. The summed E-state index contributed by atoms with van der Waals surface area (Å²) >= 11 is 0. The predicted octanol–water partition coefficient (Wildman–Crippen LogP) is 1.57. The first-order valence-electron chi connectivity index (χ1n) is 8.54. The quantitative estimate of drug-likeness (QED) is 0.841. The van der Waals surface area contributed by atoms with Gasteiger partial charge in [-0.3, -0.25) is 4.79 Å². The number of hydrogen-bond donors (Lipinski definition) is 0. The van der Waals surface area contributed by atoms with Crippen molar-refractivity contribution in [2.75, 3.05) is 19.8 Å². The van der Waals surface area contributed by atoms with E-state index in [0.29, 0.717) is 37.1 Å². The van der Waals surface area contributed by atoms with Gasteiger partial charge >= 0.3 is 0 Å². The van der Waals surface area contributed by atoms with Crippen LogP contribution < -0.4 is 4.74 Å². The number of pyridine rings is 1. The van der Waals surface area contributed by atoms with Crippen LogP contribution in [0.3, 0.4) is 0 Å². The van der Waals surface area contributed by atoms with E-state index in [0.717, 1.165) is 12.8 Å². The first-order valence-corrected chi connectivity index (χ1v) is 8.54. The lowest BCUT2D eigenvalue weighted by Crippen LogP contribution is -2.51. The van der Waals surface area contributed by atoms with Gasteiger partial charge in [0, 0.05) is 18.8 Å². The molecule has 2 aromatic rings. The van der Waals surface area contributed by atoms with Crippen LogP contribution in [0, 0.1) is 5.92 Å². The molecule has 2 fully saturated rings.